The van der Waals surface area contributed by atoms with Gasteiger partial charge in [-0.1, -0.05) is 0 Å². The molecule has 1 N–H and O–H groups in total. The van der Waals surface area contributed by atoms with Gasteiger partial charge < -0.3 is 9.80 Å². The highest BCUT2D eigenvalue weighted by Gasteiger charge is 2.26. The van der Waals surface area contributed by atoms with E-state index in [2.05, 4.69) is 10.1 Å². The van der Waals surface area contributed by atoms with Gasteiger partial charge in [-0.25, -0.2) is 9.50 Å². The lowest BCUT2D eigenvalue weighted by Crippen LogP contribution is -2.39. The summed E-state index contributed by atoms with van der Waals surface area (Å²) in [4.78, 5) is 44.6. The number of amides is 2. The van der Waals surface area contributed by atoms with Gasteiger partial charge >= 0.3 is 0 Å². The number of rotatable bonds is 5. The molecule has 0 bridgehead atoms. The summed E-state index contributed by atoms with van der Waals surface area (Å²) in [5, 5.41) is 3.16. The molecule has 4 rings (SSSR count). The van der Waals surface area contributed by atoms with Crippen LogP contribution in [0.15, 0.2) is 16.9 Å². The Bertz CT molecular complexity index is 947. The molecule has 1 unspecified atom stereocenters. The van der Waals surface area contributed by atoms with Crippen LogP contribution in [0.2, 0.25) is 0 Å². The number of hydrogen-bond acceptors (Lipinski definition) is 4. The third kappa shape index (κ3) is 3.81. The normalized spacial score (nSPS) is 20.3. The predicted octanol–water partition coefficient (Wildman–Crippen LogP) is 1.44. The Kier molecular flexibility index (Phi) is 5.19. The van der Waals surface area contributed by atoms with Gasteiger partial charge in [-0.05, 0) is 32.6 Å². The van der Waals surface area contributed by atoms with Crippen LogP contribution in [0.1, 0.15) is 55.8 Å². The quantitative estimate of drug-likeness (QED) is 0.843. The smallest absolute Gasteiger partial charge is 0.272 e. The van der Waals surface area contributed by atoms with Crippen LogP contribution in [0.25, 0.3) is 5.65 Å². The molecule has 2 aliphatic rings. The van der Waals surface area contributed by atoms with E-state index < -0.39 is 0 Å². The Labute approximate surface area is 163 Å². The highest BCUT2D eigenvalue weighted by molar-refractivity contribution is 5.78. The number of aromatic amines is 1. The maximum absolute atomic E-state index is 12.6. The second-order valence-corrected chi connectivity index (χ2v) is 7.91. The second kappa shape index (κ2) is 7.77. The molecule has 0 spiro atoms. The number of aryl methyl sites for hydroxylation is 1. The molecule has 1 atom stereocenters. The predicted molar refractivity (Wildman–Crippen MR) is 104 cm³/mol. The van der Waals surface area contributed by atoms with E-state index >= 15 is 0 Å². The molecule has 2 aliphatic heterocycles. The topological polar surface area (TPSA) is 90.8 Å². The van der Waals surface area contributed by atoms with Crippen LogP contribution in [0.5, 0.6) is 0 Å². The van der Waals surface area contributed by atoms with Crippen molar-refractivity contribution < 1.29 is 9.59 Å². The second-order valence-electron chi connectivity index (χ2n) is 7.91. The Hall–Kier alpha value is -2.64. The molecule has 0 aliphatic carbocycles. The van der Waals surface area contributed by atoms with Gasteiger partial charge in [-0.15, -0.1) is 0 Å². The number of carbonyl (C=O) groups is 2. The summed E-state index contributed by atoms with van der Waals surface area (Å²) in [5.74, 6) is 0.543. The SMILES string of the molecule is Cc1cc(=O)n2[nH]c(C3CCCN(C(=O)CCCN4CCCC4=O)C3)cc2n1. The van der Waals surface area contributed by atoms with Gasteiger partial charge in [0.2, 0.25) is 11.8 Å². The maximum atomic E-state index is 12.6. The molecule has 2 saturated heterocycles. The molecule has 2 amide bonds. The maximum Gasteiger partial charge on any atom is 0.272 e. The molecule has 4 heterocycles. The molecule has 2 aromatic heterocycles. The summed E-state index contributed by atoms with van der Waals surface area (Å²) in [6.07, 6.45) is 4.69. The van der Waals surface area contributed by atoms with Crippen molar-refractivity contribution in [3.8, 4) is 0 Å². The third-order valence-electron chi connectivity index (χ3n) is 5.80. The van der Waals surface area contributed by atoms with E-state index in [-0.39, 0.29) is 23.3 Å². The highest BCUT2D eigenvalue weighted by atomic mass is 16.2. The van der Waals surface area contributed by atoms with Crippen LogP contribution in [0.3, 0.4) is 0 Å². The lowest BCUT2D eigenvalue weighted by Gasteiger charge is -2.32. The lowest BCUT2D eigenvalue weighted by molar-refractivity contribution is -0.133. The minimum Gasteiger partial charge on any atom is -0.343 e. The fourth-order valence-corrected chi connectivity index (χ4v) is 4.32. The third-order valence-corrected chi connectivity index (χ3v) is 5.80. The zero-order chi connectivity index (χ0) is 19.7. The molecular weight excluding hydrogens is 358 g/mol. The molecule has 150 valence electrons. The summed E-state index contributed by atoms with van der Waals surface area (Å²) >= 11 is 0. The van der Waals surface area contributed by atoms with Crippen LogP contribution < -0.4 is 5.56 Å². The molecule has 0 saturated carbocycles. The minimum absolute atomic E-state index is 0.117. The largest absolute Gasteiger partial charge is 0.343 e. The lowest BCUT2D eigenvalue weighted by atomic mass is 9.94. The molecule has 0 radical (unpaired) electrons. The standard InChI is InChI=1S/C20H27N5O3/c1-14-11-20(28)25-17(21-14)12-16(22-25)15-5-2-10-24(13-15)19(27)7-4-9-23-8-3-6-18(23)26/h11-12,15,22H,2-10,13H2,1H3. The van der Waals surface area contributed by atoms with Gasteiger partial charge in [-0.3, -0.25) is 19.5 Å². The van der Waals surface area contributed by atoms with Gasteiger partial charge in [0.15, 0.2) is 5.65 Å². The average molecular weight is 385 g/mol. The van der Waals surface area contributed by atoms with E-state index in [1.807, 2.05) is 22.8 Å². The molecule has 8 heteroatoms. The van der Waals surface area contributed by atoms with E-state index in [9.17, 15) is 14.4 Å². The first-order chi connectivity index (χ1) is 13.5. The molecule has 0 aromatic carbocycles. The first kappa shape index (κ1) is 18.7. The van der Waals surface area contributed by atoms with E-state index in [0.29, 0.717) is 37.3 Å². The molecule has 2 aromatic rings. The van der Waals surface area contributed by atoms with Crippen LogP contribution >= 0.6 is 0 Å². The first-order valence-corrected chi connectivity index (χ1v) is 10.2. The van der Waals surface area contributed by atoms with Crippen LogP contribution in [0.4, 0.5) is 0 Å². The summed E-state index contributed by atoms with van der Waals surface area (Å²) in [5.41, 5.74) is 2.16. The van der Waals surface area contributed by atoms with Crippen molar-refractivity contribution in [3.05, 3.63) is 33.9 Å². The van der Waals surface area contributed by atoms with Crippen LogP contribution in [-0.2, 0) is 9.59 Å². The van der Waals surface area contributed by atoms with Crippen LogP contribution in [-0.4, -0.2) is 62.4 Å². The number of likely N-dealkylation sites (tertiary alicyclic amines) is 2. The fourth-order valence-electron chi connectivity index (χ4n) is 4.32. The summed E-state index contributed by atoms with van der Waals surface area (Å²) in [7, 11) is 0. The molecule has 8 nitrogen and oxygen atoms in total. The van der Waals surface area contributed by atoms with E-state index in [1.165, 1.54) is 10.6 Å². The van der Waals surface area contributed by atoms with Crippen molar-refractivity contribution in [2.45, 2.75) is 51.4 Å². The number of nitrogens with one attached hydrogen (secondary N) is 1. The van der Waals surface area contributed by atoms with Crippen molar-refractivity contribution in [2.75, 3.05) is 26.2 Å². The number of fused-ring (bicyclic) bond motifs is 1. The minimum atomic E-state index is -0.117. The Morgan fingerprint density at radius 1 is 1.25 bits per heavy atom. The number of aromatic nitrogens is 3. The van der Waals surface area contributed by atoms with Crippen LogP contribution in [0, 0.1) is 6.92 Å². The number of H-pyrrole nitrogens is 1. The zero-order valence-corrected chi connectivity index (χ0v) is 16.3. The summed E-state index contributed by atoms with van der Waals surface area (Å²) in [6, 6.07) is 3.43. The average Bonchev–Trinajstić information content (AvgIpc) is 3.28. The monoisotopic (exact) mass is 385 g/mol. The van der Waals surface area contributed by atoms with E-state index in [1.54, 1.807) is 0 Å². The van der Waals surface area contributed by atoms with Gasteiger partial charge in [0, 0.05) is 68.5 Å². The number of piperidine rings is 1. The van der Waals surface area contributed by atoms with Crippen molar-refractivity contribution in [3.63, 3.8) is 0 Å². The Morgan fingerprint density at radius 2 is 2.11 bits per heavy atom. The molecular formula is C20H27N5O3. The molecule has 28 heavy (non-hydrogen) atoms. The number of carbonyl (C=O) groups excluding carboxylic acids is 2. The van der Waals surface area contributed by atoms with E-state index in [4.69, 9.17) is 0 Å². The Morgan fingerprint density at radius 3 is 2.89 bits per heavy atom. The van der Waals surface area contributed by atoms with Gasteiger partial charge in [0.05, 0.1) is 0 Å². The van der Waals surface area contributed by atoms with Crippen molar-refractivity contribution in [1.82, 2.24) is 24.4 Å². The van der Waals surface area contributed by atoms with Crippen molar-refractivity contribution in [1.29, 1.82) is 0 Å². The van der Waals surface area contributed by atoms with Gasteiger partial charge in [0.1, 0.15) is 0 Å². The Balaban J connectivity index is 1.37. The van der Waals surface area contributed by atoms with E-state index in [0.717, 1.165) is 44.5 Å². The van der Waals surface area contributed by atoms with Gasteiger partial charge in [0.25, 0.3) is 5.56 Å². The summed E-state index contributed by atoms with van der Waals surface area (Å²) in [6.45, 7) is 4.74. The zero-order valence-electron chi connectivity index (χ0n) is 16.3. The van der Waals surface area contributed by atoms with Crippen molar-refractivity contribution >= 4 is 17.5 Å². The summed E-state index contributed by atoms with van der Waals surface area (Å²) < 4.78 is 1.47. The fraction of sp³-hybridized carbons (Fsp3) is 0.600. The highest BCUT2D eigenvalue weighted by Crippen LogP contribution is 2.27. The first-order valence-electron chi connectivity index (χ1n) is 10.2. The van der Waals surface area contributed by atoms with Crippen molar-refractivity contribution in [2.24, 2.45) is 0 Å². The molecule has 2 fully saturated rings. The number of hydrogen-bond donors (Lipinski definition) is 1. The number of nitrogens with zero attached hydrogens (tertiary/aromatic N) is 4. The van der Waals surface area contributed by atoms with Gasteiger partial charge in [-0.2, -0.15) is 0 Å².